The highest BCUT2D eigenvalue weighted by Crippen LogP contribution is 2.31. The quantitative estimate of drug-likeness (QED) is 0.872. The summed E-state index contributed by atoms with van der Waals surface area (Å²) >= 11 is 0. The van der Waals surface area contributed by atoms with Gasteiger partial charge in [0, 0.05) is 13.7 Å². The molecule has 0 spiro atoms. The van der Waals surface area contributed by atoms with E-state index in [0.29, 0.717) is 18.0 Å². The summed E-state index contributed by atoms with van der Waals surface area (Å²) in [7, 11) is 3.22. The Morgan fingerprint density at radius 2 is 2.00 bits per heavy atom. The molecule has 0 saturated carbocycles. The lowest BCUT2D eigenvalue weighted by Gasteiger charge is -2.26. The van der Waals surface area contributed by atoms with E-state index in [1.165, 1.54) is 0 Å². The SMILES string of the molecule is COc1cccc(C(CNC(=O)C2COc3ccccc3O2)OC)c1. The van der Waals surface area contributed by atoms with Gasteiger partial charge in [0.05, 0.1) is 13.2 Å². The van der Waals surface area contributed by atoms with Crippen LogP contribution in [0.2, 0.25) is 0 Å². The number of hydrogen-bond donors (Lipinski definition) is 1. The maximum atomic E-state index is 12.4. The fraction of sp³-hybridized carbons (Fsp3) is 0.316. The van der Waals surface area contributed by atoms with Crippen LogP contribution in [0.25, 0.3) is 0 Å². The molecule has 1 heterocycles. The number of benzene rings is 2. The zero-order chi connectivity index (χ0) is 17.6. The maximum Gasteiger partial charge on any atom is 0.264 e. The average molecular weight is 343 g/mol. The molecule has 0 radical (unpaired) electrons. The van der Waals surface area contributed by atoms with Crippen molar-refractivity contribution in [2.24, 2.45) is 0 Å². The predicted molar refractivity (Wildman–Crippen MR) is 92.1 cm³/mol. The molecule has 0 aromatic heterocycles. The zero-order valence-electron chi connectivity index (χ0n) is 14.2. The number of amides is 1. The predicted octanol–water partition coefficient (Wildman–Crippen LogP) is 2.34. The van der Waals surface area contributed by atoms with Crippen molar-refractivity contribution in [1.82, 2.24) is 5.32 Å². The molecule has 1 N–H and O–H groups in total. The van der Waals surface area contributed by atoms with E-state index < -0.39 is 6.10 Å². The summed E-state index contributed by atoms with van der Waals surface area (Å²) in [5.74, 6) is 1.73. The van der Waals surface area contributed by atoms with Crippen LogP contribution in [-0.4, -0.2) is 39.4 Å². The molecule has 0 saturated heterocycles. The molecule has 2 unspecified atom stereocenters. The highest BCUT2D eigenvalue weighted by molar-refractivity contribution is 5.81. The molecule has 6 nitrogen and oxygen atoms in total. The molecular formula is C19H21NO5. The lowest BCUT2D eigenvalue weighted by molar-refractivity contribution is -0.130. The number of carbonyl (C=O) groups excluding carboxylic acids is 1. The van der Waals surface area contributed by atoms with Gasteiger partial charge in [-0.25, -0.2) is 0 Å². The summed E-state index contributed by atoms with van der Waals surface area (Å²) in [4.78, 5) is 12.4. The molecule has 1 aliphatic heterocycles. The van der Waals surface area contributed by atoms with E-state index in [1.54, 1.807) is 20.3 Å². The summed E-state index contributed by atoms with van der Waals surface area (Å²) in [5, 5.41) is 2.86. The van der Waals surface area contributed by atoms with Gasteiger partial charge in [-0.3, -0.25) is 4.79 Å². The van der Waals surface area contributed by atoms with Crippen LogP contribution < -0.4 is 19.5 Å². The first-order valence-electron chi connectivity index (χ1n) is 8.04. The summed E-state index contributed by atoms with van der Waals surface area (Å²) in [5.41, 5.74) is 0.924. The standard InChI is InChI=1S/C19H21NO5/c1-22-14-7-5-6-13(10-14)17(23-2)11-20-19(21)18-12-24-15-8-3-4-9-16(15)25-18/h3-10,17-18H,11-12H2,1-2H3,(H,20,21). The van der Waals surface area contributed by atoms with Crippen molar-refractivity contribution in [2.75, 3.05) is 27.4 Å². The third-order valence-electron chi connectivity index (χ3n) is 4.01. The Balaban J connectivity index is 1.59. The van der Waals surface area contributed by atoms with Crippen molar-refractivity contribution in [2.45, 2.75) is 12.2 Å². The van der Waals surface area contributed by atoms with Crippen molar-refractivity contribution in [3.05, 3.63) is 54.1 Å². The Morgan fingerprint density at radius 1 is 1.20 bits per heavy atom. The molecule has 0 fully saturated rings. The van der Waals surface area contributed by atoms with Crippen molar-refractivity contribution in [3.8, 4) is 17.2 Å². The minimum Gasteiger partial charge on any atom is -0.497 e. The molecule has 2 aromatic rings. The van der Waals surface area contributed by atoms with Gasteiger partial charge in [-0.15, -0.1) is 0 Å². The van der Waals surface area contributed by atoms with Crippen molar-refractivity contribution >= 4 is 5.91 Å². The molecule has 2 atom stereocenters. The summed E-state index contributed by atoms with van der Waals surface area (Å²) < 4.78 is 22.0. The number of nitrogens with one attached hydrogen (secondary N) is 1. The molecule has 3 rings (SSSR count). The second-order valence-electron chi connectivity index (χ2n) is 5.61. The number of methoxy groups -OCH3 is 2. The lowest BCUT2D eigenvalue weighted by atomic mass is 10.1. The Morgan fingerprint density at radius 3 is 2.76 bits per heavy atom. The fourth-order valence-electron chi connectivity index (χ4n) is 2.63. The van der Waals surface area contributed by atoms with Gasteiger partial charge in [-0.05, 0) is 29.8 Å². The molecule has 0 bridgehead atoms. The van der Waals surface area contributed by atoms with Gasteiger partial charge >= 0.3 is 0 Å². The average Bonchev–Trinajstić information content (AvgIpc) is 2.68. The van der Waals surface area contributed by atoms with Crippen molar-refractivity contribution in [1.29, 1.82) is 0 Å². The van der Waals surface area contributed by atoms with E-state index in [2.05, 4.69) is 5.32 Å². The van der Waals surface area contributed by atoms with E-state index in [-0.39, 0.29) is 18.6 Å². The van der Waals surface area contributed by atoms with Gasteiger partial charge in [-0.1, -0.05) is 24.3 Å². The first-order chi connectivity index (χ1) is 12.2. The monoisotopic (exact) mass is 343 g/mol. The Bertz CT molecular complexity index is 733. The van der Waals surface area contributed by atoms with Crippen LogP contribution in [0.4, 0.5) is 0 Å². The van der Waals surface area contributed by atoms with Crippen molar-refractivity contribution < 1.29 is 23.7 Å². The van der Waals surface area contributed by atoms with Gasteiger partial charge in [0.25, 0.3) is 5.91 Å². The van der Waals surface area contributed by atoms with Gasteiger partial charge in [0.2, 0.25) is 6.10 Å². The minimum absolute atomic E-state index is 0.180. The van der Waals surface area contributed by atoms with Gasteiger partial charge < -0.3 is 24.3 Å². The number of fused-ring (bicyclic) bond motifs is 1. The van der Waals surface area contributed by atoms with Gasteiger partial charge in [-0.2, -0.15) is 0 Å². The first kappa shape index (κ1) is 17.1. The highest BCUT2D eigenvalue weighted by atomic mass is 16.6. The zero-order valence-corrected chi connectivity index (χ0v) is 14.2. The third kappa shape index (κ3) is 4.03. The number of ether oxygens (including phenoxy) is 4. The van der Waals surface area contributed by atoms with Crippen molar-refractivity contribution in [3.63, 3.8) is 0 Å². The molecule has 0 aliphatic carbocycles. The Labute approximate surface area is 146 Å². The molecule has 1 amide bonds. The van der Waals surface area contributed by atoms with E-state index in [4.69, 9.17) is 18.9 Å². The van der Waals surface area contributed by atoms with E-state index in [0.717, 1.165) is 11.3 Å². The van der Waals surface area contributed by atoms with E-state index in [9.17, 15) is 4.79 Å². The van der Waals surface area contributed by atoms with Crippen LogP contribution in [-0.2, 0) is 9.53 Å². The number of para-hydroxylation sites is 2. The van der Waals surface area contributed by atoms with Crippen LogP contribution in [0.3, 0.4) is 0 Å². The molecule has 2 aromatic carbocycles. The second kappa shape index (κ2) is 7.90. The van der Waals surface area contributed by atoms with Crippen LogP contribution in [0, 0.1) is 0 Å². The Kier molecular flexibility index (Phi) is 5.40. The second-order valence-corrected chi connectivity index (χ2v) is 5.61. The fourth-order valence-corrected chi connectivity index (χ4v) is 2.63. The van der Waals surface area contributed by atoms with E-state index >= 15 is 0 Å². The lowest BCUT2D eigenvalue weighted by Crippen LogP contribution is -2.45. The van der Waals surface area contributed by atoms with Crippen LogP contribution in [0.5, 0.6) is 17.2 Å². The first-order valence-corrected chi connectivity index (χ1v) is 8.04. The van der Waals surface area contributed by atoms with Crippen LogP contribution >= 0.6 is 0 Å². The number of rotatable bonds is 6. The topological polar surface area (TPSA) is 66.0 Å². The minimum atomic E-state index is -0.683. The van der Waals surface area contributed by atoms with Crippen LogP contribution in [0.15, 0.2) is 48.5 Å². The third-order valence-corrected chi connectivity index (χ3v) is 4.01. The Hall–Kier alpha value is -2.73. The summed E-state index contributed by atoms with van der Waals surface area (Å²) in [6.07, 6.45) is -0.964. The smallest absolute Gasteiger partial charge is 0.264 e. The molecule has 25 heavy (non-hydrogen) atoms. The van der Waals surface area contributed by atoms with Gasteiger partial charge in [0.15, 0.2) is 11.5 Å². The normalized spacial score (nSPS) is 16.8. The maximum absolute atomic E-state index is 12.4. The largest absolute Gasteiger partial charge is 0.497 e. The van der Waals surface area contributed by atoms with E-state index in [1.807, 2.05) is 42.5 Å². The molecular weight excluding hydrogens is 322 g/mol. The summed E-state index contributed by atoms with van der Waals surface area (Å²) in [6.45, 7) is 0.504. The number of carbonyl (C=O) groups is 1. The molecule has 132 valence electrons. The van der Waals surface area contributed by atoms with Gasteiger partial charge in [0.1, 0.15) is 12.4 Å². The highest BCUT2D eigenvalue weighted by Gasteiger charge is 2.27. The molecule has 1 aliphatic rings. The molecule has 6 heteroatoms. The summed E-state index contributed by atoms with van der Waals surface area (Å²) in [6, 6.07) is 14.9. The van der Waals surface area contributed by atoms with Crippen LogP contribution in [0.1, 0.15) is 11.7 Å². The number of hydrogen-bond acceptors (Lipinski definition) is 5.